The molecule has 0 aliphatic carbocycles. The topological polar surface area (TPSA) is 72.7 Å². The normalized spacial score (nSPS) is 15.4. The van der Waals surface area contributed by atoms with Gasteiger partial charge < -0.3 is 14.4 Å². The fraction of sp³-hybridized carbons (Fsp3) is 0.207. The summed E-state index contributed by atoms with van der Waals surface area (Å²) < 4.78 is 12.7. The Balaban J connectivity index is 1.12. The van der Waals surface area contributed by atoms with Crippen LogP contribution in [0.15, 0.2) is 85.3 Å². The fourth-order valence-corrected chi connectivity index (χ4v) is 4.64. The fourth-order valence-electron chi connectivity index (χ4n) is 4.64. The maximum absolute atomic E-state index is 13.0. The molecule has 0 bridgehead atoms. The highest BCUT2D eigenvalue weighted by Gasteiger charge is 2.21. The summed E-state index contributed by atoms with van der Waals surface area (Å²) >= 11 is 0. The number of piperazine rings is 1. The van der Waals surface area contributed by atoms with Crippen LogP contribution in [0, 0.1) is 0 Å². The molecule has 0 atom stereocenters. The average molecular weight is 494 g/mol. The van der Waals surface area contributed by atoms with E-state index in [4.69, 9.17) is 14.6 Å². The zero-order valence-electron chi connectivity index (χ0n) is 20.4. The number of hydrogen-bond donors (Lipinski definition) is 0. The quantitative estimate of drug-likeness (QED) is 0.378. The predicted octanol–water partition coefficient (Wildman–Crippen LogP) is 4.02. The van der Waals surface area contributed by atoms with Gasteiger partial charge in [0, 0.05) is 68.5 Å². The molecule has 2 aromatic heterocycles. The van der Waals surface area contributed by atoms with Crippen LogP contribution in [0.4, 0.5) is 0 Å². The van der Waals surface area contributed by atoms with Crippen LogP contribution in [-0.4, -0.2) is 63.4 Å². The van der Waals surface area contributed by atoms with Gasteiger partial charge in [0.25, 0.3) is 0 Å². The molecule has 2 aromatic carbocycles. The van der Waals surface area contributed by atoms with E-state index in [2.05, 4.69) is 16.0 Å². The first-order valence-electron chi connectivity index (χ1n) is 12.4. The number of para-hydroxylation sites is 1. The summed E-state index contributed by atoms with van der Waals surface area (Å²) in [5.41, 5.74) is 4.70. The van der Waals surface area contributed by atoms with Crippen molar-refractivity contribution in [3.8, 4) is 28.4 Å². The Bertz CT molecular complexity index is 1410. The molecule has 6 rings (SSSR count). The Morgan fingerprint density at radius 1 is 0.946 bits per heavy atom. The number of nitrogens with zero attached hydrogens (tertiary/aromatic N) is 5. The largest absolute Gasteiger partial charge is 0.454 e. The number of rotatable bonds is 6. The first-order valence-corrected chi connectivity index (χ1v) is 12.4. The van der Waals surface area contributed by atoms with E-state index >= 15 is 0 Å². The summed E-state index contributed by atoms with van der Waals surface area (Å²) in [5.74, 6) is 1.61. The second kappa shape index (κ2) is 10.3. The third kappa shape index (κ3) is 5.10. The number of carbonyl (C=O) groups excluding carboxylic acids is 1. The molecule has 0 N–H and O–H groups in total. The third-order valence-corrected chi connectivity index (χ3v) is 6.63. The molecule has 8 heteroatoms. The summed E-state index contributed by atoms with van der Waals surface area (Å²) in [6.45, 7) is 4.12. The van der Waals surface area contributed by atoms with Crippen LogP contribution in [0.5, 0.6) is 11.5 Å². The number of pyridine rings is 1. The van der Waals surface area contributed by atoms with Gasteiger partial charge in [-0.05, 0) is 48.0 Å². The Morgan fingerprint density at radius 3 is 2.59 bits per heavy atom. The number of amides is 1. The van der Waals surface area contributed by atoms with Crippen molar-refractivity contribution in [3.63, 3.8) is 0 Å². The molecule has 1 fully saturated rings. The van der Waals surface area contributed by atoms with E-state index in [0.29, 0.717) is 13.1 Å². The monoisotopic (exact) mass is 493 g/mol. The van der Waals surface area contributed by atoms with Crippen LogP contribution in [-0.2, 0) is 11.3 Å². The summed E-state index contributed by atoms with van der Waals surface area (Å²) in [6.07, 6.45) is 8.99. The lowest BCUT2D eigenvalue weighted by atomic mass is 10.1. The van der Waals surface area contributed by atoms with E-state index in [9.17, 15) is 4.79 Å². The van der Waals surface area contributed by atoms with E-state index in [1.54, 1.807) is 18.5 Å². The second-order valence-corrected chi connectivity index (χ2v) is 9.08. The van der Waals surface area contributed by atoms with Crippen molar-refractivity contribution < 1.29 is 14.3 Å². The molecule has 1 amide bonds. The van der Waals surface area contributed by atoms with Gasteiger partial charge in [-0.1, -0.05) is 24.3 Å². The van der Waals surface area contributed by atoms with Gasteiger partial charge in [0.05, 0.1) is 5.69 Å². The highest BCUT2D eigenvalue weighted by atomic mass is 16.7. The average Bonchev–Trinajstić information content (AvgIpc) is 3.60. The lowest BCUT2D eigenvalue weighted by molar-refractivity contribution is -0.127. The first-order chi connectivity index (χ1) is 18.2. The van der Waals surface area contributed by atoms with Crippen LogP contribution in [0.2, 0.25) is 0 Å². The number of benzene rings is 2. The maximum atomic E-state index is 13.0. The van der Waals surface area contributed by atoms with Gasteiger partial charge in [-0.15, -0.1) is 0 Å². The molecule has 8 nitrogen and oxygen atoms in total. The molecule has 4 heterocycles. The summed E-state index contributed by atoms with van der Waals surface area (Å²) in [6, 6.07) is 19.9. The highest BCUT2D eigenvalue weighted by Crippen LogP contribution is 2.33. The van der Waals surface area contributed by atoms with Crippen LogP contribution >= 0.6 is 0 Å². The molecule has 0 saturated carbocycles. The van der Waals surface area contributed by atoms with Gasteiger partial charge in [-0.25, -0.2) is 4.68 Å². The Hall–Kier alpha value is -4.43. The molecule has 2 aliphatic heterocycles. The van der Waals surface area contributed by atoms with E-state index in [-0.39, 0.29) is 12.7 Å². The second-order valence-electron chi connectivity index (χ2n) is 9.08. The minimum Gasteiger partial charge on any atom is -0.454 e. The van der Waals surface area contributed by atoms with E-state index in [0.717, 1.165) is 53.6 Å². The SMILES string of the molecule is O=C(/C=C/c1cn(-c2ccccc2)nc1-c1cccnc1)N1CCN(Cc2ccc3c(c2)OCO3)CC1. The van der Waals surface area contributed by atoms with Crippen LogP contribution in [0.3, 0.4) is 0 Å². The predicted molar refractivity (Wildman–Crippen MR) is 140 cm³/mol. The van der Waals surface area contributed by atoms with E-state index in [1.165, 1.54) is 5.56 Å². The minimum absolute atomic E-state index is 0.00678. The standard InChI is InChI=1S/C29H27N5O3/c35-28(33-15-13-32(14-16-33)19-22-8-10-26-27(17-22)37-21-36-26)11-9-24-20-34(25-6-2-1-3-7-25)31-29(24)23-5-4-12-30-18-23/h1-12,17-18,20H,13-16,19,21H2/b11-9+. The van der Waals surface area contributed by atoms with Crippen LogP contribution in [0.25, 0.3) is 23.0 Å². The van der Waals surface area contributed by atoms with Gasteiger partial charge in [-0.2, -0.15) is 5.10 Å². The third-order valence-electron chi connectivity index (χ3n) is 6.63. The van der Waals surface area contributed by atoms with E-state index < -0.39 is 0 Å². The molecule has 186 valence electrons. The molecule has 0 spiro atoms. The zero-order chi connectivity index (χ0) is 25.0. The Kier molecular flexibility index (Phi) is 6.39. The molecule has 0 unspecified atom stereocenters. The zero-order valence-corrected chi connectivity index (χ0v) is 20.4. The molecule has 0 radical (unpaired) electrons. The maximum Gasteiger partial charge on any atom is 0.246 e. The number of fused-ring (bicyclic) bond motifs is 1. The molecule has 1 saturated heterocycles. The van der Waals surface area contributed by atoms with Crippen molar-refractivity contribution in [2.75, 3.05) is 33.0 Å². The van der Waals surface area contributed by atoms with Crippen molar-refractivity contribution >= 4 is 12.0 Å². The van der Waals surface area contributed by atoms with Crippen molar-refractivity contribution in [3.05, 3.63) is 96.5 Å². The Labute approximate surface area is 215 Å². The minimum atomic E-state index is 0.00678. The summed E-state index contributed by atoms with van der Waals surface area (Å²) in [5, 5.41) is 4.79. The summed E-state index contributed by atoms with van der Waals surface area (Å²) in [4.78, 5) is 21.5. The van der Waals surface area contributed by atoms with Crippen molar-refractivity contribution in [1.82, 2.24) is 24.6 Å². The number of hydrogen-bond acceptors (Lipinski definition) is 6. The first kappa shape index (κ1) is 23.0. The molecular weight excluding hydrogens is 466 g/mol. The van der Waals surface area contributed by atoms with Gasteiger partial charge in [-0.3, -0.25) is 14.7 Å². The van der Waals surface area contributed by atoms with E-state index in [1.807, 2.05) is 76.5 Å². The van der Waals surface area contributed by atoms with Gasteiger partial charge in [0.15, 0.2) is 11.5 Å². The number of ether oxygens (including phenoxy) is 2. The van der Waals surface area contributed by atoms with Gasteiger partial charge in [0.1, 0.15) is 5.69 Å². The molecule has 4 aromatic rings. The van der Waals surface area contributed by atoms with Crippen molar-refractivity contribution in [1.29, 1.82) is 0 Å². The van der Waals surface area contributed by atoms with Gasteiger partial charge in [0.2, 0.25) is 12.7 Å². The summed E-state index contributed by atoms with van der Waals surface area (Å²) in [7, 11) is 0. The smallest absolute Gasteiger partial charge is 0.246 e. The van der Waals surface area contributed by atoms with Crippen molar-refractivity contribution in [2.24, 2.45) is 0 Å². The lowest BCUT2D eigenvalue weighted by Gasteiger charge is -2.34. The van der Waals surface area contributed by atoms with Crippen molar-refractivity contribution in [2.45, 2.75) is 6.54 Å². The number of carbonyl (C=O) groups is 1. The van der Waals surface area contributed by atoms with Gasteiger partial charge >= 0.3 is 0 Å². The Morgan fingerprint density at radius 2 is 1.78 bits per heavy atom. The van der Waals surface area contributed by atoms with Crippen LogP contribution in [0.1, 0.15) is 11.1 Å². The van der Waals surface area contributed by atoms with Crippen LogP contribution < -0.4 is 9.47 Å². The molecule has 37 heavy (non-hydrogen) atoms. The highest BCUT2D eigenvalue weighted by molar-refractivity contribution is 5.93. The number of aromatic nitrogens is 3. The molecule has 2 aliphatic rings. The lowest BCUT2D eigenvalue weighted by Crippen LogP contribution is -2.47. The molecular formula is C29H27N5O3.